The molecule has 0 saturated carbocycles. The van der Waals surface area contributed by atoms with Gasteiger partial charge < -0.3 is 28.5 Å². The molecule has 5 atom stereocenters. The summed E-state index contributed by atoms with van der Waals surface area (Å²) in [7, 11) is -3.58. The lowest BCUT2D eigenvalue weighted by atomic mass is 9.82. The topological polar surface area (TPSA) is 143 Å². The third-order valence-corrected chi connectivity index (χ3v) is 12.2. The van der Waals surface area contributed by atoms with Gasteiger partial charge in [-0.25, -0.2) is 4.79 Å². The van der Waals surface area contributed by atoms with E-state index in [-0.39, 0.29) is 37.2 Å². The van der Waals surface area contributed by atoms with Crippen molar-refractivity contribution in [3.63, 3.8) is 0 Å². The number of fused-ring (bicyclic) bond motifs is 2. The number of nitro benzene ring substituents is 1. The summed E-state index contributed by atoms with van der Waals surface area (Å²) >= 11 is 0. The van der Waals surface area contributed by atoms with Crippen molar-refractivity contribution in [2.45, 2.75) is 69.1 Å². The number of halogens is 1. The van der Waals surface area contributed by atoms with Gasteiger partial charge in [0.05, 0.1) is 48.9 Å². The second kappa shape index (κ2) is 11.5. The van der Waals surface area contributed by atoms with Gasteiger partial charge in [-0.3, -0.25) is 24.6 Å². The Morgan fingerprint density at radius 2 is 1.91 bits per heavy atom. The van der Waals surface area contributed by atoms with E-state index in [2.05, 4.69) is 0 Å². The van der Waals surface area contributed by atoms with Gasteiger partial charge in [0.25, 0.3) is 11.6 Å². The molecule has 0 aromatic heterocycles. The predicted molar refractivity (Wildman–Crippen MR) is 164 cm³/mol. The van der Waals surface area contributed by atoms with Crippen LogP contribution in [0.4, 0.5) is 26.0 Å². The first-order chi connectivity index (χ1) is 21.4. The van der Waals surface area contributed by atoms with Gasteiger partial charge in [0.15, 0.2) is 5.60 Å². The van der Waals surface area contributed by atoms with Crippen LogP contribution in [0.2, 0.25) is 18.6 Å². The summed E-state index contributed by atoms with van der Waals surface area (Å²) in [5.41, 5.74) is -0.607. The minimum absolute atomic E-state index is 0.100. The van der Waals surface area contributed by atoms with Gasteiger partial charge in [0.2, 0.25) is 14.3 Å². The van der Waals surface area contributed by atoms with E-state index in [1.165, 1.54) is 41.1 Å². The standard InChI is InChI=1S/C31H37FN4O8Si/c1-19-28(45(2,3)32)26(16-27(38)33-12-4-5-23(33)18-37)44-31(19)24-15-22(36(41)42)10-11-25(24)35(29(31)39)17-20-6-8-21(9-7-20)34-13-14-43-30(34)40/h6-11,15,19,23,26,28,37H,4-5,12-14,16-18H2,1-3H3/t19-,23+,26+,28-,31+/m1/s1. The Bertz CT molecular complexity index is 1530. The molecule has 12 nitrogen and oxygen atoms in total. The average Bonchev–Trinajstić information content (AvgIpc) is 3.76. The van der Waals surface area contributed by atoms with E-state index >= 15 is 4.11 Å². The summed E-state index contributed by atoms with van der Waals surface area (Å²) in [5.74, 6) is -1.46. The third kappa shape index (κ3) is 5.18. The molecule has 14 heteroatoms. The normalized spacial score (nSPS) is 27.9. The fraction of sp³-hybridized carbons (Fsp3) is 0.516. The highest BCUT2D eigenvalue weighted by Crippen LogP contribution is 2.60. The molecule has 1 spiro atoms. The van der Waals surface area contributed by atoms with Gasteiger partial charge in [-0.2, -0.15) is 0 Å². The Kier molecular flexibility index (Phi) is 7.94. The number of carbonyl (C=O) groups is 3. The van der Waals surface area contributed by atoms with Crippen molar-refractivity contribution in [3.8, 4) is 0 Å². The number of ether oxygens (including phenoxy) is 2. The van der Waals surface area contributed by atoms with E-state index in [0.717, 1.165) is 12.0 Å². The van der Waals surface area contributed by atoms with Crippen molar-refractivity contribution in [1.29, 1.82) is 0 Å². The summed E-state index contributed by atoms with van der Waals surface area (Å²) in [4.78, 5) is 56.0. The number of likely N-dealkylation sites (tertiary alicyclic amines) is 1. The molecule has 240 valence electrons. The largest absolute Gasteiger partial charge is 0.447 e. The molecule has 4 heterocycles. The number of non-ortho nitro benzene ring substituents is 1. The van der Waals surface area contributed by atoms with E-state index in [9.17, 15) is 29.6 Å². The first-order valence-electron chi connectivity index (χ1n) is 15.3. The number of rotatable bonds is 8. The molecule has 0 bridgehead atoms. The number of nitro groups is 1. The van der Waals surface area contributed by atoms with Crippen LogP contribution in [0.25, 0.3) is 0 Å². The number of anilines is 2. The van der Waals surface area contributed by atoms with Gasteiger partial charge in [-0.05, 0) is 49.7 Å². The quantitative estimate of drug-likeness (QED) is 0.195. The Hall–Kier alpha value is -3.88. The maximum Gasteiger partial charge on any atom is 0.414 e. The lowest BCUT2D eigenvalue weighted by Gasteiger charge is -2.31. The van der Waals surface area contributed by atoms with E-state index in [0.29, 0.717) is 43.1 Å². The maximum absolute atomic E-state index is 16.2. The monoisotopic (exact) mass is 640 g/mol. The van der Waals surface area contributed by atoms with Crippen LogP contribution in [0.3, 0.4) is 0 Å². The Morgan fingerprint density at radius 3 is 2.53 bits per heavy atom. The van der Waals surface area contributed by atoms with Crippen LogP contribution in [0.15, 0.2) is 42.5 Å². The van der Waals surface area contributed by atoms with Gasteiger partial charge >= 0.3 is 6.09 Å². The van der Waals surface area contributed by atoms with Crippen molar-refractivity contribution < 1.29 is 38.0 Å². The van der Waals surface area contributed by atoms with E-state index in [1.807, 2.05) is 0 Å². The fourth-order valence-corrected chi connectivity index (χ4v) is 10.2. The maximum atomic E-state index is 16.2. The lowest BCUT2D eigenvalue weighted by Crippen LogP contribution is -2.45. The molecule has 4 aliphatic rings. The molecular weight excluding hydrogens is 603 g/mol. The van der Waals surface area contributed by atoms with Gasteiger partial charge in [0.1, 0.15) is 6.61 Å². The number of amides is 3. The van der Waals surface area contributed by atoms with Gasteiger partial charge in [0, 0.05) is 41.4 Å². The summed E-state index contributed by atoms with van der Waals surface area (Å²) in [6.45, 7) is 5.96. The first kappa shape index (κ1) is 31.1. The van der Waals surface area contributed by atoms with Crippen molar-refractivity contribution in [3.05, 3.63) is 63.7 Å². The molecule has 3 fully saturated rings. The van der Waals surface area contributed by atoms with Crippen molar-refractivity contribution >= 4 is 43.4 Å². The van der Waals surface area contributed by atoms with Crippen LogP contribution in [0.5, 0.6) is 0 Å². The van der Waals surface area contributed by atoms with Gasteiger partial charge in [-0.1, -0.05) is 19.1 Å². The molecule has 6 rings (SSSR count). The number of aliphatic hydroxyl groups is 1. The number of hydrogen-bond acceptors (Lipinski definition) is 8. The lowest BCUT2D eigenvalue weighted by molar-refractivity contribution is -0.385. The predicted octanol–water partition coefficient (Wildman–Crippen LogP) is 4.25. The van der Waals surface area contributed by atoms with E-state index in [4.69, 9.17) is 9.47 Å². The summed E-state index contributed by atoms with van der Waals surface area (Å²) in [6, 6.07) is 11.0. The average molecular weight is 641 g/mol. The molecule has 0 radical (unpaired) electrons. The molecule has 3 amide bonds. The van der Waals surface area contributed by atoms with Crippen LogP contribution >= 0.6 is 0 Å². The summed E-state index contributed by atoms with van der Waals surface area (Å²) in [6.07, 6.45) is -0.0982. The molecule has 0 unspecified atom stereocenters. The Balaban J connectivity index is 1.36. The van der Waals surface area contributed by atoms with Crippen molar-refractivity contribution in [1.82, 2.24) is 4.90 Å². The SMILES string of the molecule is C[C@@H]1[C@@H]([Si](C)(C)F)[C@H](CC(=O)N2CCC[C@H]2CO)O[C@@]12C(=O)N(Cc1ccc(N3CCOC3=O)cc1)c1ccc([N+](=O)[O-])cc12. The number of hydrogen-bond donors (Lipinski definition) is 1. The summed E-state index contributed by atoms with van der Waals surface area (Å²) < 4.78 is 27.8. The highest BCUT2D eigenvalue weighted by atomic mass is 28.4. The zero-order valence-electron chi connectivity index (χ0n) is 25.5. The Labute approximate surface area is 261 Å². The summed E-state index contributed by atoms with van der Waals surface area (Å²) in [5, 5.41) is 21.6. The van der Waals surface area contributed by atoms with Crippen molar-refractivity contribution in [2.24, 2.45) is 5.92 Å². The smallest absolute Gasteiger partial charge is 0.414 e. The third-order valence-electron chi connectivity index (χ3n) is 9.79. The highest BCUT2D eigenvalue weighted by molar-refractivity contribution is 6.72. The zero-order chi connectivity index (χ0) is 32.3. The number of cyclic esters (lactones) is 1. The van der Waals surface area contributed by atoms with Gasteiger partial charge in [-0.15, -0.1) is 0 Å². The minimum atomic E-state index is -3.58. The van der Waals surface area contributed by atoms with Crippen LogP contribution in [-0.4, -0.2) is 79.7 Å². The van der Waals surface area contributed by atoms with E-state index in [1.54, 1.807) is 36.1 Å². The molecule has 4 aliphatic heterocycles. The van der Waals surface area contributed by atoms with E-state index < -0.39 is 48.5 Å². The van der Waals surface area contributed by atoms with Crippen LogP contribution in [-0.2, 0) is 31.2 Å². The molecule has 45 heavy (non-hydrogen) atoms. The van der Waals surface area contributed by atoms with Crippen molar-refractivity contribution in [2.75, 3.05) is 36.1 Å². The Morgan fingerprint density at radius 1 is 1.18 bits per heavy atom. The number of benzene rings is 2. The molecule has 2 aromatic rings. The highest BCUT2D eigenvalue weighted by Gasteiger charge is 2.67. The molecule has 2 aromatic carbocycles. The van der Waals surface area contributed by atoms with Crippen LogP contribution < -0.4 is 9.80 Å². The number of nitrogens with zero attached hydrogens (tertiary/aromatic N) is 4. The molecule has 3 saturated heterocycles. The molecule has 0 aliphatic carbocycles. The second-order valence-corrected chi connectivity index (χ2v) is 16.6. The first-order valence-corrected chi connectivity index (χ1v) is 18.2. The second-order valence-electron chi connectivity index (χ2n) is 12.8. The molecule has 1 N–H and O–H groups in total. The molecular formula is C31H37FN4O8Si. The number of carbonyl (C=O) groups excluding carboxylic acids is 3. The number of aliphatic hydroxyl groups excluding tert-OH is 1. The minimum Gasteiger partial charge on any atom is -0.447 e. The zero-order valence-corrected chi connectivity index (χ0v) is 26.5. The fourth-order valence-electron chi connectivity index (χ4n) is 7.74. The van der Waals surface area contributed by atoms with Crippen LogP contribution in [0, 0.1) is 16.0 Å². The van der Waals surface area contributed by atoms with Crippen LogP contribution in [0.1, 0.15) is 37.3 Å².